The summed E-state index contributed by atoms with van der Waals surface area (Å²) in [5, 5.41) is 0. The smallest absolute Gasteiger partial charge is 0.163 e. The molecule has 2 aromatic carbocycles. The molecule has 1 aliphatic carbocycles. The van der Waals surface area contributed by atoms with Gasteiger partial charge in [-0.2, -0.15) is 0 Å². The molecule has 0 unspecified atom stereocenters. The van der Waals surface area contributed by atoms with Crippen molar-refractivity contribution in [2.45, 2.75) is 32.1 Å². The lowest BCUT2D eigenvalue weighted by Gasteiger charge is -2.18. The van der Waals surface area contributed by atoms with Gasteiger partial charge in [-0.3, -0.25) is 4.79 Å². The second-order valence-electron chi connectivity index (χ2n) is 5.21. The Morgan fingerprint density at radius 2 is 1.68 bits per heavy atom. The summed E-state index contributed by atoms with van der Waals surface area (Å²) in [5.41, 5.74) is 4.83. The molecule has 0 saturated carbocycles. The van der Waals surface area contributed by atoms with Gasteiger partial charge in [-0.15, -0.1) is 0 Å². The molecule has 0 heterocycles. The molecule has 0 aromatic heterocycles. The zero-order valence-corrected chi connectivity index (χ0v) is 11.1. The number of aryl methyl sites for hydroxylation is 3. The number of fused-ring (bicyclic) bond motifs is 1. The number of carbonyl (C=O) groups excluding carboxylic acids is 1. The second kappa shape index (κ2) is 5.40. The quantitative estimate of drug-likeness (QED) is 0.805. The zero-order valence-electron chi connectivity index (χ0n) is 11.1. The molecule has 1 nitrogen and oxygen atoms in total. The van der Waals surface area contributed by atoms with Crippen LogP contribution in [0.25, 0.3) is 0 Å². The summed E-state index contributed by atoms with van der Waals surface area (Å²) >= 11 is 0. The average Bonchev–Trinajstić information content (AvgIpc) is 2.46. The third-order valence-electron chi connectivity index (χ3n) is 3.89. The van der Waals surface area contributed by atoms with Gasteiger partial charge in [0, 0.05) is 12.0 Å². The molecule has 0 radical (unpaired) electrons. The van der Waals surface area contributed by atoms with Gasteiger partial charge in [0.1, 0.15) is 0 Å². The molecule has 0 spiro atoms. The molecule has 1 aliphatic rings. The van der Waals surface area contributed by atoms with Gasteiger partial charge in [0.25, 0.3) is 0 Å². The minimum Gasteiger partial charge on any atom is -0.294 e. The minimum absolute atomic E-state index is 0.338. The largest absolute Gasteiger partial charge is 0.294 e. The minimum atomic E-state index is 0.338. The van der Waals surface area contributed by atoms with E-state index in [1.54, 1.807) is 0 Å². The number of ketones is 1. The van der Waals surface area contributed by atoms with Crippen molar-refractivity contribution in [2.24, 2.45) is 0 Å². The van der Waals surface area contributed by atoms with Crippen molar-refractivity contribution in [1.82, 2.24) is 0 Å². The molecule has 2 aromatic rings. The number of Topliss-reactive ketones (excluding diaryl/α,β-unsaturated/α-hetero) is 1. The summed E-state index contributed by atoms with van der Waals surface area (Å²) in [7, 11) is 0. The number of hydrogen-bond donors (Lipinski definition) is 0. The fourth-order valence-electron chi connectivity index (χ4n) is 2.92. The van der Waals surface area contributed by atoms with Crippen molar-refractivity contribution in [3.05, 3.63) is 70.8 Å². The van der Waals surface area contributed by atoms with E-state index in [9.17, 15) is 4.79 Å². The van der Waals surface area contributed by atoms with E-state index < -0.39 is 0 Å². The Hall–Kier alpha value is -1.89. The predicted octanol–water partition coefficient (Wildman–Crippen LogP) is 3.99. The van der Waals surface area contributed by atoms with Crippen LogP contribution in [0.5, 0.6) is 0 Å². The van der Waals surface area contributed by atoms with E-state index in [1.165, 1.54) is 16.7 Å². The van der Waals surface area contributed by atoms with Crippen LogP contribution in [0, 0.1) is 0 Å². The van der Waals surface area contributed by atoms with Crippen molar-refractivity contribution < 1.29 is 4.79 Å². The molecule has 0 aliphatic heterocycles. The first-order chi connectivity index (χ1) is 9.34. The van der Waals surface area contributed by atoms with E-state index in [0.717, 1.165) is 37.7 Å². The highest BCUT2D eigenvalue weighted by molar-refractivity contribution is 5.99. The summed E-state index contributed by atoms with van der Waals surface area (Å²) in [6.45, 7) is 0. The number of carbonyl (C=O) groups is 1. The van der Waals surface area contributed by atoms with Crippen LogP contribution < -0.4 is 0 Å². The maximum Gasteiger partial charge on any atom is 0.163 e. The van der Waals surface area contributed by atoms with Crippen LogP contribution in [0.4, 0.5) is 0 Å². The molecule has 1 heteroatoms. The average molecular weight is 250 g/mol. The van der Waals surface area contributed by atoms with Crippen molar-refractivity contribution in [3.63, 3.8) is 0 Å². The molecule has 0 N–H and O–H groups in total. The Morgan fingerprint density at radius 3 is 2.53 bits per heavy atom. The third kappa shape index (κ3) is 2.60. The lowest BCUT2D eigenvalue weighted by Crippen LogP contribution is -2.14. The SMILES string of the molecule is O=C1CCCc2cccc(CCc3ccccc3)c21. The van der Waals surface area contributed by atoms with Crippen molar-refractivity contribution >= 4 is 5.78 Å². The summed E-state index contributed by atoms with van der Waals surface area (Å²) < 4.78 is 0. The Balaban J connectivity index is 1.84. The Bertz CT molecular complexity index is 584. The van der Waals surface area contributed by atoms with Crippen LogP contribution in [0.2, 0.25) is 0 Å². The van der Waals surface area contributed by atoms with Gasteiger partial charge < -0.3 is 0 Å². The summed E-state index contributed by atoms with van der Waals surface area (Å²) in [6.07, 6.45) is 4.74. The molecule has 0 amide bonds. The van der Waals surface area contributed by atoms with Crippen molar-refractivity contribution in [2.75, 3.05) is 0 Å². The highest BCUT2D eigenvalue weighted by Crippen LogP contribution is 2.25. The molecule has 0 fully saturated rings. The number of benzene rings is 2. The van der Waals surface area contributed by atoms with E-state index in [2.05, 4.69) is 42.5 Å². The van der Waals surface area contributed by atoms with Crippen molar-refractivity contribution in [3.8, 4) is 0 Å². The monoisotopic (exact) mass is 250 g/mol. The van der Waals surface area contributed by atoms with Gasteiger partial charge in [0.2, 0.25) is 0 Å². The zero-order chi connectivity index (χ0) is 13.1. The lowest BCUT2D eigenvalue weighted by molar-refractivity contribution is 0.0971. The van der Waals surface area contributed by atoms with E-state index >= 15 is 0 Å². The van der Waals surface area contributed by atoms with E-state index in [4.69, 9.17) is 0 Å². The topological polar surface area (TPSA) is 17.1 Å². The maximum atomic E-state index is 12.1. The fraction of sp³-hybridized carbons (Fsp3) is 0.278. The molecular weight excluding hydrogens is 232 g/mol. The van der Waals surface area contributed by atoms with Gasteiger partial charge >= 0.3 is 0 Å². The van der Waals surface area contributed by atoms with E-state index in [0.29, 0.717) is 5.78 Å². The first-order valence-corrected chi connectivity index (χ1v) is 7.02. The van der Waals surface area contributed by atoms with Gasteiger partial charge in [-0.05, 0) is 42.4 Å². The number of hydrogen-bond acceptors (Lipinski definition) is 1. The third-order valence-corrected chi connectivity index (χ3v) is 3.89. The highest BCUT2D eigenvalue weighted by atomic mass is 16.1. The molecule has 0 bridgehead atoms. The van der Waals surface area contributed by atoms with Crippen LogP contribution in [0.15, 0.2) is 48.5 Å². The Labute approximate surface area is 114 Å². The Kier molecular flexibility index (Phi) is 3.45. The first-order valence-electron chi connectivity index (χ1n) is 7.02. The number of rotatable bonds is 3. The summed E-state index contributed by atoms with van der Waals surface area (Å²) in [5.74, 6) is 0.338. The Morgan fingerprint density at radius 1 is 0.842 bits per heavy atom. The van der Waals surface area contributed by atoms with Crippen LogP contribution in [-0.2, 0) is 19.3 Å². The first kappa shape index (κ1) is 12.2. The van der Waals surface area contributed by atoms with E-state index in [-0.39, 0.29) is 0 Å². The molecule has 96 valence electrons. The van der Waals surface area contributed by atoms with Crippen LogP contribution in [0.3, 0.4) is 0 Å². The molecule has 3 rings (SSSR count). The van der Waals surface area contributed by atoms with Gasteiger partial charge in [0.05, 0.1) is 0 Å². The molecular formula is C18H18O. The van der Waals surface area contributed by atoms with Gasteiger partial charge in [0.15, 0.2) is 5.78 Å². The fourth-order valence-corrected chi connectivity index (χ4v) is 2.92. The molecule has 19 heavy (non-hydrogen) atoms. The highest BCUT2D eigenvalue weighted by Gasteiger charge is 2.19. The maximum absolute atomic E-state index is 12.1. The van der Waals surface area contributed by atoms with Crippen LogP contribution in [-0.4, -0.2) is 5.78 Å². The van der Waals surface area contributed by atoms with Crippen LogP contribution in [0.1, 0.15) is 39.9 Å². The van der Waals surface area contributed by atoms with Crippen molar-refractivity contribution in [1.29, 1.82) is 0 Å². The normalized spacial score (nSPS) is 14.2. The second-order valence-corrected chi connectivity index (χ2v) is 5.21. The predicted molar refractivity (Wildman–Crippen MR) is 77.6 cm³/mol. The van der Waals surface area contributed by atoms with E-state index in [1.807, 2.05) is 6.07 Å². The van der Waals surface area contributed by atoms with Gasteiger partial charge in [-0.25, -0.2) is 0 Å². The molecule has 0 saturated heterocycles. The standard InChI is InChI=1S/C18H18O/c19-17-11-5-10-15-8-4-9-16(18(15)17)13-12-14-6-2-1-3-7-14/h1-4,6-9H,5,10-13H2. The summed E-state index contributed by atoms with van der Waals surface area (Å²) in [4.78, 5) is 12.1. The van der Waals surface area contributed by atoms with Crippen LogP contribution >= 0.6 is 0 Å². The molecule has 0 atom stereocenters. The van der Waals surface area contributed by atoms with Gasteiger partial charge in [-0.1, -0.05) is 48.5 Å². The summed E-state index contributed by atoms with van der Waals surface area (Å²) in [6, 6.07) is 16.8. The lowest BCUT2D eigenvalue weighted by atomic mass is 9.85.